The van der Waals surface area contributed by atoms with Gasteiger partial charge in [-0.2, -0.15) is 12.6 Å². The standard InChI is InChI=1S/C8H10N2O2S/c1-12-8-3-2-6(4-9-8)10-7(11)5-13/h2-4,13H,5H2,1H3,(H,10,11). The molecule has 70 valence electrons. The molecule has 0 saturated carbocycles. The number of aromatic nitrogens is 1. The van der Waals surface area contributed by atoms with Crippen LogP contribution in [0.15, 0.2) is 18.3 Å². The Morgan fingerprint density at radius 2 is 2.46 bits per heavy atom. The molecule has 1 aromatic heterocycles. The maximum atomic E-state index is 10.9. The molecular formula is C8H10N2O2S. The molecule has 1 N–H and O–H groups in total. The van der Waals surface area contributed by atoms with Crippen LogP contribution >= 0.6 is 12.6 Å². The molecule has 0 atom stereocenters. The second-order valence-electron chi connectivity index (χ2n) is 2.30. The predicted molar refractivity (Wildman–Crippen MR) is 53.3 cm³/mol. The van der Waals surface area contributed by atoms with Gasteiger partial charge in [-0.1, -0.05) is 0 Å². The molecule has 0 aromatic carbocycles. The van der Waals surface area contributed by atoms with Crippen molar-refractivity contribution in [1.29, 1.82) is 0 Å². The lowest BCUT2D eigenvalue weighted by molar-refractivity contribution is -0.113. The summed E-state index contributed by atoms with van der Waals surface area (Å²) >= 11 is 3.83. The van der Waals surface area contributed by atoms with E-state index in [-0.39, 0.29) is 11.7 Å². The highest BCUT2D eigenvalue weighted by molar-refractivity contribution is 7.81. The van der Waals surface area contributed by atoms with Crippen LogP contribution in [0.5, 0.6) is 5.88 Å². The number of nitrogens with zero attached hydrogens (tertiary/aromatic N) is 1. The first kappa shape index (κ1) is 9.85. The number of hydrogen-bond donors (Lipinski definition) is 2. The molecule has 0 radical (unpaired) electrons. The van der Waals surface area contributed by atoms with E-state index >= 15 is 0 Å². The van der Waals surface area contributed by atoms with E-state index in [0.717, 1.165) is 0 Å². The fraction of sp³-hybridized carbons (Fsp3) is 0.250. The third kappa shape index (κ3) is 2.95. The van der Waals surface area contributed by atoms with E-state index in [2.05, 4.69) is 22.9 Å². The lowest BCUT2D eigenvalue weighted by atomic mass is 10.4. The molecule has 0 bridgehead atoms. The highest BCUT2D eigenvalue weighted by atomic mass is 32.1. The third-order valence-electron chi connectivity index (χ3n) is 1.37. The van der Waals surface area contributed by atoms with Gasteiger partial charge < -0.3 is 10.1 Å². The van der Waals surface area contributed by atoms with Gasteiger partial charge in [0.2, 0.25) is 11.8 Å². The number of carbonyl (C=O) groups excluding carboxylic acids is 1. The number of methoxy groups -OCH3 is 1. The molecule has 1 aromatic rings. The lowest BCUT2D eigenvalue weighted by Gasteiger charge is -2.03. The first-order valence-electron chi connectivity index (χ1n) is 3.67. The Morgan fingerprint density at radius 1 is 1.69 bits per heavy atom. The zero-order valence-corrected chi connectivity index (χ0v) is 8.04. The number of anilines is 1. The molecule has 0 saturated heterocycles. The van der Waals surface area contributed by atoms with Crippen LogP contribution in [-0.4, -0.2) is 23.8 Å². The topological polar surface area (TPSA) is 51.2 Å². The molecule has 1 heterocycles. The third-order valence-corrected chi connectivity index (χ3v) is 1.66. The van der Waals surface area contributed by atoms with Crippen molar-refractivity contribution in [2.24, 2.45) is 0 Å². The van der Waals surface area contributed by atoms with Crippen molar-refractivity contribution in [3.8, 4) is 5.88 Å². The van der Waals surface area contributed by atoms with Crippen LogP contribution in [0.4, 0.5) is 5.69 Å². The van der Waals surface area contributed by atoms with Gasteiger partial charge in [-0.15, -0.1) is 0 Å². The molecule has 13 heavy (non-hydrogen) atoms. The first-order valence-corrected chi connectivity index (χ1v) is 4.30. The van der Waals surface area contributed by atoms with Crippen molar-refractivity contribution in [1.82, 2.24) is 4.98 Å². The minimum Gasteiger partial charge on any atom is -0.481 e. The molecule has 0 fully saturated rings. The summed E-state index contributed by atoms with van der Waals surface area (Å²) in [4.78, 5) is 14.8. The fourth-order valence-electron chi connectivity index (χ4n) is 0.776. The minimum atomic E-state index is -0.157. The SMILES string of the molecule is COc1ccc(NC(=O)CS)cn1. The minimum absolute atomic E-state index is 0.157. The summed E-state index contributed by atoms with van der Waals surface area (Å²) in [5.41, 5.74) is 0.639. The number of pyridine rings is 1. The molecule has 0 aliphatic carbocycles. The van der Waals surface area contributed by atoms with Gasteiger partial charge in [0.25, 0.3) is 0 Å². The number of rotatable bonds is 3. The molecule has 0 aliphatic rings. The summed E-state index contributed by atoms with van der Waals surface area (Å²) in [5, 5.41) is 2.61. The number of nitrogens with one attached hydrogen (secondary N) is 1. The van der Waals surface area contributed by atoms with E-state index in [4.69, 9.17) is 4.74 Å². The second-order valence-corrected chi connectivity index (χ2v) is 2.61. The summed E-state index contributed by atoms with van der Waals surface area (Å²) in [6, 6.07) is 3.39. The van der Waals surface area contributed by atoms with Crippen LogP contribution < -0.4 is 10.1 Å². The highest BCUT2D eigenvalue weighted by Crippen LogP contribution is 2.10. The van der Waals surface area contributed by atoms with E-state index in [1.54, 1.807) is 12.1 Å². The van der Waals surface area contributed by atoms with Gasteiger partial charge in [0.15, 0.2) is 0 Å². The van der Waals surface area contributed by atoms with Gasteiger partial charge in [-0.05, 0) is 6.07 Å². The zero-order valence-electron chi connectivity index (χ0n) is 7.15. The van der Waals surface area contributed by atoms with Crippen molar-refractivity contribution >= 4 is 24.2 Å². The van der Waals surface area contributed by atoms with Crippen molar-refractivity contribution in [3.05, 3.63) is 18.3 Å². The van der Waals surface area contributed by atoms with Crippen molar-refractivity contribution in [2.75, 3.05) is 18.2 Å². The monoisotopic (exact) mass is 198 g/mol. The predicted octanol–water partition coefficient (Wildman–Crippen LogP) is 0.958. The molecule has 1 amide bonds. The van der Waals surface area contributed by atoms with Crippen LogP contribution in [0.25, 0.3) is 0 Å². The average Bonchev–Trinajstić information content (AvgIpc) is 2.19. The van der Waals surface area contributed by atoms with Crippen molar-refractivity contribution in [3.63, 3.8) is 0 Å². The van der Waals surface area contributed by atoms with Crippen LogP contribution in [0, 0.1) is 0 Å². The molecular weight excluding hydrogens is 188 g/mol. The van der Waals surface area contributed by atoms with Crippen LogP contribution in [0.2, 0.25) is 0 Å². The van der Waals surface area contributed by atoms with E-state index < -0.39 is 0 Å². The van der Waals surface area contributed by atoms with Crippen molar-refractivity contribution in [2.45, 2.75) is 0 Å². The van der Waals surface area contributed by atoms with E-state index in [9.17, 15) is 4.79 Å². The zero-order chi connectivity index (χ0) is 9.68. The summed E-state index contributed by atoms with van der Waals surface area (Å²) in [7, 11) is 1.54. The Kier molecular flexibility index (Phi) is 3.57. The summed E-state index contributed by atoms with van der Waals surface area (Å²) in [5.74, 6) is 0.519. The first-order chi connectivity index (χ1) is 6.26. The van der Waals surface area contributed by atoms with Gasteiger partial charge >= 0.3 is 0 Å². The summed E-state index contributed by atoms with van der Waals surface area (Å²) in [6.45, 7) is 0. The number of thiol groups is 1. The molecule has 0 unspecified atom stereocenters. The Morgan fingerprint density at radius 3 is 2.92 bits per heavy atom. The smallest absolute Gasteiger partial charge is 0.234 e. The summed E-state index contributed by atoms with van der Waals surface area (Å²) in [6.07, 6.45) is 1.53. The van der Waals surface area contributed by atoms with Gasteiger partial charge in [-0.3, -0.25) is 4.79 Å². The van der Waals surface area contributed by atoms with E-state index in [1.165, 1.54) is 13.3 Å². The quantitative estimate of drug-likeness (QED) is 0.711. The molecule has 5 heteroatoms. The van der Waals surface area contributed by atoms with E-state index in [0.29, 0.717) is 11.6 Å². The number of ether oxygens (including phenoxy) is 1. The largest absolute Gasteiger partial charge is 0.481 e. The molecule has 4 nitrogen and oxygen atoms in total. The Balaban J connectivity index is 2.64. The Hall–Kier alpha value is -1.23. The highest BCUT2D eigenvalue weighted by Gasteiger charge is 1.99. The fourth-order valence-corrected chi connectivity index (χ4v) is 0.855. The lowest BCUT2D eigenvalue weighted by Crippen LogP contribution is -2.12. The second kappa shape index (κ2) is 4.71. The van der Waals surface area contributed by atoms with Gasteiger partial charge in [0.1, 0.15) is 0 Å². The molecule has 1 rings (SSSR count). The number of hydrogen-bond acceptors (Lipinski definition) is 4. The molecule has 0 aliphatic heterocycles. The van der Waals surface area contributed by atoms with E-state index in [1.807, 2.05) is 0 Å². The Labute approximate surface area is 81.7 Å². The number of amides is 1. The van der Waals surface area contributed by atoms with Gasteiger partial charge in [0, 0.05) is 6.07 Å². The van der Waals surface area contributed by atoms with Crippen LogP contribution in [0.3, 0.4) is 0 Å². The van der Waals surface area contributed by atoms with Crippen LogP contribution in [-0.2, 0) is 4.79 Å². The average molecular weight is 198 g/mol. The molecule has 0 spiro atoms. The van der Waals surface area contributed by atoms with Gasteiger partial charge in [-0.25, -0.2) is 4.98 Å². The normalized spacial score (nSPS) is 9.38. The number of carbonyl (C=O) groups is 1. The Bertz CT molecular complexity index is 287. The van der Waals surface area contributed by atoms with Gasteiger partial charge in [0.05, 0.1) is 24.7 Å². The maximum absolute atomic E-state index is 10.9. The van der Waals surface area contributed by atoms with Crippen LogP contribution in [0.1, 0.15) is 0 Å². The summed E-state index contributed by atoms with van der Waals surface area (Å²) < 4.78 is 4.86. The maximum Gasteiger partial charge on any atom is 0.234 e. The van der Waals surface area contributed by atoms with Crippen molar-refractivity contribution < 1.29 is 9.53 Å².